The van der Waals surface area contributed by atoms with Gasteiger partial charge in [0, 0.05) is 0 Å². The molecule has 1 atom stereocenters. The summed E-state index contributed by atoms with van der Waals surface area (Å²) in [5.41, 5.74) is -1.09. The Bertz CT molecular complexity index is 692. The van der Waals surface area contributed by atoms with E-state index < -0.39 is 35.3 Å². The van der Waals surface area contributed by atoms with E-state index in [1.165, 1.54) is 12.1 Å². The summed E-state index contributed by atoms with van der Waals surface area (Å²) in [6, 6.07) is 6.94. The van der Waals surface area contributed by atoms with Gasteiger partial charge in [0.2, 0.25) is 0 Å². The van der Waals surface area contributed by atoms with Gasteiger partial charge in [0.1, 0.15) is 17.7 Å². The third-order valence-electron chi connectivity index (χ3n) is 2.99. The monoisotopic (exact) mass is 316 g/mol. The summed E-state index contributed by atoms with van der Waals surface area (Å²) in [7, 11) is 0. The average molecular weight is 316 g/mol. The molecule has 2 aromatic carbocycles. The van der Waals surface area contributed by atoms with Crippen LogP contribution in [0.5, 0.6) is 0 Å². The number of hydrogen-bond acceptors (Lipinski definition) is 2. The lowest BCUT2D eigenvalue weighted by molar-refractivity contribution is -0.0887. The zero-order valence-corrected chi connectivity index (χ0v) is 10.9. The molecule has 116 valence electrons. The van der Waals surface area contributed by atoms with Crippen molar-refractivity contribution >= 4 is 5.78 Å². The first-order valence-corrected chi connectivity index (χ1v) is 6.04. The second kappa shape index (κ2) is 5.84. The average Bonchev–Trinajstić information content (AvgIpc) is 2.46. The van der Waals surface area contributed by atoms with Crippen LogP contribution in [0.25, 0.3) is 0 Å². The van der Waals surface area contributed by atoms with E-state index in [0.29, 0.717) is 12.1 Å². The Kier molecular flexibility index (Phi) is 4.27. The molecule has 0 fully saturated rings. The normalized spacial score (nSPS) is 13.0. The van der Waals surface area contributed by atoms with Gasteiger partial charge in [-0.1, -0.05) is 18.2 Å². The summed E-state index contributed by atoms with van der Waals surface area (Å²) in [5, 5.41) is 10.0. The van der Waals surface area contributed by atoms with Crippen LogP contribution in [-0.4, -0.2) is 17.1 Å². The minimum Gasteiger partial charge on any atom is -0.384 e. The lowest BCUT2D eigenvalue weighted by atomic mass is 9.98. The van der Waals surface area contributed by atoms with Crippen LogP contribution in [-0.2, 0) is 0 Å². The van der Waals surface area contributed by atoms with Crippen molar-refractivity contribution in [3.63, 3.8) is 0 Å². The van der Waals surface area contributed by atoms with Crippen molar-refractivity contribution in [3.8, 4) is 0 Å². The van der Waals surface area contributed by atoms with Crippen molar-refractivity contribution < 1.29 is 31.9 Å². The number of aliphatic hydroxyl groups is 1. The van der Waals surface area contributed by atoms with E-state index in [1.807, 2.05) is 0 Å². The van der Waals surface area contributed by atoms with Gasteiger partial charge >= 0.3 is 6.18 Å². The van der Waals surface area contributed by atoms with Crippen LogP contribution >= 0.6 is 0 Å². The number of carbonyl (C=O) groups excluding carboxylic acids is 1. The molecule has 0 aliphatic heterocycles. The maximum Gasteiger partial charge on any atom is 0.454 e. The van der Waals surface area contributed by atoms with Gasteiger partial charge in [-0.15, -0.1) is 0 Å². The zero-order chi connectivity index (χ0) is 16.5. The van der Waals surface area contributed by atoms with Crippen LogP contribution < -0.4 is 0 Å². The number of aliphatic hydroxyl groups excluding tert-OH is 1. The molecule has 7 heteroatoms. The Morgan fingerprint density at radius 1 is 0.955 bits per heavy atom. The molecule has 0 saturated carbocycles. The second-order valence-electron chi connectivity index (χ2n) is 4.52. The zero-order valence-electron chi connectivity index (χ0n) is 10.9. The van der Waals surface area contributed by atoms with Crippen LogP contribution in [0.4, 0.5) is 22.0 Å². The fraction of sp³-hybridized carbons (Fsp3) is 0.133. The molecule has 22 heavy (non-hydrogen) atoms. The van der Waals surface area contributed by atoms with Crippen molar-refractivity contribution in [2.75, 3.05) is 0 Å². The molecule has 2 aromatic rings. The van der Waals surface area contributed by atoms with Gasteiger partial charge in [-0.25, -0.2) is 8.78 Å². The number of benzene rings is 2. The van der Waals surface area contributed by atoms with Crippen molar-refractivity contribution in [1.82, 2.24) is 0 Å². The largest absolute Gasteiger partial charge is 0.454 e. The van der Waals surface area contributed by atoms with Crippen LogP contribution in [0.15, 0.2) is 42.5 Å². The van der Waals surface area contributed by atoms with E-state index in [0.717, 1.165) is 18.2 Å². The smallest absolute Gasteiger partial charge is 0.384 e. The second-order valence-corrected chi connectivity index (χ2v) is 4.52. The van der Waals surface area contributed by atoms with E-state index in [4.69, 9.17) is 0 Å². The third-order valence-corrected chi connectivity index (χ3v) is 2.99. The maximum atomic E-state index is 13.4. The predicted molar refractivity (Wildman–Crippen MR) is 67.2 cm³/mol. The highest BCUT2D eigenvalue weighted by Crippen LogP contribution is 2.28. The van der Waals surface area contributed by atoms with Gasteiger partial charge in [0.15, 0.2) is 0 Å². The Balaban J connectivity index is 2.41. The minimum absolute atomic E-state index is 0.111. The van der Waals surface area contributed by atoms with Crippen molar-refractivity contribution in [3.05, 3.63) is 70.8 Å². The summed E-state index contributed by atoms with van der Waals surface area (Å²) in [5.74, 6) is -4.22. The van der Waals surface area contributed by atoms with Gasteiger partial charge in [-0.05, 0) is 35.4 Å². The molecule has 2 nitrogen and oxygen atoms in total. The highest BCUT2D eigenvalue weighted by molar-refractivity contribution is 6.00. The molecule has 0 bridgehead atoms. The van der Waals surface area contributed by atoms with Crippen LogP contribution in [0, 0.1) is 11.6 Å². The molecule has 0 aliphatic rings. The molecule has 0 aromatic heterocycles. The Labute approximate surface area is 121 Å². The molecule has 0 heterocycles. The summed E-state index contributed by atoms with van der Waals surface area (Å²) < 4.78 is 63.4. The SMILES string of the molecule is O=C(c1cc(C(O)c2ccc(F)cc2)ccc1F)C(F)(F)F. The van der Waals surface area contributed by atoms with E-state index in [2.05, 4.69) is 0 Å². The van der Waals surface area contributed by atoms with Crippen molar-refractivity contribution in [2.24, 2.45) is 0 Å². The molecular weight excluding hydrogens is 307 g/mol. The number of rotatable bonds is 3. The molecular formula is C15H9F5O2. The number of carbonyl (C=O) groups is 1. The van der Waals surface area contributed by atoms with Crippen molar-refractivity contribution in [2.45, 2.75) is 12.3 Å². The van der Waals surface area contributed by atoms with E-state index in [-0.39, 0.29) is 11.1 Å². The molecule has 1 unspecified atom stereocenters. The molecule has 0 spiro atoms. The molecule has 1 N–H and O–H groups in total. The summed E-state index contributed by atoms with van der Waals surface area (Å²) >= 11 is 0. The molecule has 0 amide bonds. The Morgan fingerprint density at radius 2 is 1.50 bits per heavy atom. The number of halogens is 5. The lowest BCUT2D eigenvalue weighted by Crippen LogP contribution is -2.24. The Hall–Kier alpha value is -2.28. The number of ketones is 1. The predicted octanol–water partition coefficient (Wildman–Crippen LogP) is 3.79. The van der Waals surface area contributed by atoms with Gasteiger partial charge in [-0.3, -0.25) is 4.79 Å². The third kappa shape index (κ3) is 3.30. The first-order chi connectivity index (χ1) is 10.2. The summed E-state index contributed by atoms with van der Waals surface area (Å²) in [6.07, 6.45) is -6.64. The van der Waals surface area contributed by atoms with Gasteiger partial charge in [0.25, 0.3) is 5.78 Å². The Morgan fingerprint density at radius 3 is 2.05 bits per heavy atom. The fourth-order valence-corrected chi connectivity index (χ4v) is 1.88. The summed E-state index contributed by atoms with van der Waals surface area (Å²) in [6.45, 7) is 0. The van der Waals surface area contributed by atoms with Gasteiger partial charge in [0.05, 0.1) is 5.56 Å². The van der Waals surface area contributed by atoms with Crippen LogP contribution in [0.1, 0.15) is 27.6 Å². The van der Waals surface area contributed by atoms with E-state index in [9.17, 15) is 31.9 Å². The summed E-state index contributed by atoms with van der Waals surface area (Å²) in [4.78, 5) is 11.1. The van der Waals surface area contributed by atoms with E-state index >= 15 is 0 Å². The highest BCUT2D eigenvalue weighted by atomic mass is 19.4. The van der Waals surface area contributed by atoms with Gasteiger partial charge in [-0.2, -0.15) is 13.2 Å². The van der Waals surface area contributed by atoms with Crippen molar-refractivity contribution in [1.29, 1.82) is 0 Å². The standard InChI is InChI=1S/C15H9F5O2/c16-10-4-1-8(2-5-10)13(21)9-3-6-12(17)11(7-9)14(22)15(18,19)20/h1-7,13,21H. The number of hydrogen-bond donors (Lipinski definition) is 1. The fourth-order valence-electron chi connectivity index (χ4n) is 1.88. The maximum absolute atomic E-state index is 13.4. The topological polar surface area (TPSA) is 37.3 Å². The molecule has 0 saturated heterocycles. The quantitative estimate of drug-likeness (QED) is 0.691. The lowest BCUT2D eigenvalue weighted by Gasteiger charge is -2.14. The first-order valence-electron chi connectivity index (χ1n) is 6.04. The molecule has 2 rings (SSSR count). The molecule has 0 radical (unpaired) electrons. The van der Waals surface area contributed by atoms with Crippen LogP contribution in [0.3, 0.4) is 0 Å². The highest BCUT2D eigenvalue weighted by Gasteiger charge is 2.40. The van der Waals surface area contributed by atoms with Crippen LogP contribution in [0.2, 0.25) is 0 Å². The number of Topliss-reactive ketones (excluding diaryl/α,β-unsaturated/α-hetero) is 1. The van der Waals surface area contributed by atoms with Gasteiger partial charge < -0.3 is 5.11 Å². The number of alkyl halides is 3. The van der Waals surface area contributed by atoms with E-state index in [1.54, 1.807) is 0 Å². The first kappa shape index (κ1) is 16.1. The minimum atomic E-state index is -5.22. The molecule has 0 aliphatic carbocycles.